The van der Waals surface area contributed by atoms with Gasteiger partial charge in [0.2, 0.25) is 0 Å². The molecular formula is C29H46N4O. The van der Waals surface area contributed by atoms with Gasteiger partial charge in [0.25, 0.3) is 0 Å². The fourth-order valence-electron chi connectivity index (χ4n) is 4.35. The number of rotatable bonds is 11. The first-order valence-corrected chi connectivity index (χ1v) is 13.1. The molecule has 1 heterocycles. The Morgan fingerprint density at radius 1 is 0.912 bits per heavy atom. The van der Waals surface area contributed by atoms with Gasteiger partial charge in [-0.2, -0.15) is 0 Å². The number of aryl methyl sites for hydroxylation is 3. The summed E-state index contributed by atoms with van der Waals surface area (Å²) >= 11 is 0. The number of benzene rings is 2. The zero-order valence-corrected chi connectivity index (χ0v) is 22.3. The summed E-state index contributed by atoms with van der Waals surface area (Å²) in [5, 5.41) is 0. The van der Waals surface area contributed by atoms with Gasteiger partial charge in [-0.3, -0.25) is 9.13 Å². The maximum absolute atomic E-state index is 12.4. The second-order valence-corrected chi connectivity index (χ2v) is 9.51. The summed E-state index contributed by atoms with van der Waals surface area (Å²) < 4.78 is 3.56. The summed E-state index contributed by atoms with van der Waals surface area (Å²) in [4.78, 5) is 14.9. The molecule has 0 aliphatic carbocycles. The standard InChI is InChI=1S/C18H30N4O.C11H16/c1-4-10-21(11-5-2)12-6-7-13-22-17-14-15(19)8-9-16(17)20(3)18(22)23;1-4-10(3)11-7-5-9(2)6-8-11/h8-9,14H,4-7,10-13,19H2,1-3H3;5-8,10H,4H2,1-3H3. The van der Waals surface area contributed by atoms with E-state index in [9.17, 15) is 4.79 Å². The summed E-state index contributed by atoms with van der Waals surface area (Å²) in [6.45, 7) is 15.3. The van der Waals surface area contributed by atoms with Crippen molar-refractivity contribution >= 4 is 16.7 Å². The van der Waals surface area contributed by atoms with Crippen LogP contribution in [0, 0.1) is 6.92 Å². The van der Waals surface area contributed by atoms with E-state index >= 15 is 0 Å². The van der Waals surface area contributed by atoms with Crippen molar-refractivity contribution in [3.63, 3.8) is 0 Å². The lowest BCUT2D eigenvalue weighted by Gasteiger charge is -2.20. The Labute approximate surface area is 206 Å². The minimum absolute atomic E-state index is 0.0459. The Kier molecular flexibility index (Phi) is 11.4. The van der Waals surface area contributed by atoms with Crippen LogP contribution in [-0.4, -0.2) is 33.7 Å². The second-order valence-electron chi connectivity index (χ2n) is 9.51. The normalized spacial score (nSPS) is 12.1. The SMILES string of the molecule is CCC(C)c1ccc(C)cc1.CCCN(CCC)CCCCn1c(=O)n(C)c2ccc(N)cc21. The number of nitrogens with two attached hydrogens (primary N) is 1. The Morgan fingerprint density at radius 3 is 2.15 bits per heavy atom. The largest absolute Gasteiger partial charge is 0.399 e. The first-order chi connectivity index (χ1) is 16.3. The van der Waals surface area contributed by atoms with Gasteiger partial charge < -0.3 is 10.6 Å². The summed E-state index contributed by atoms with van der Waals surface area (Å²) in [6.07, 6.45) is 5.75. The maximum Gasteiger partial charge on any atom is 0.328 e. The molecular weight excluding hydrogens is 420 g/mol. The predicted molar refractivity (Wildman–Crippen MR) is 148 cm³/mol. The lowest BCUT2D eigenvalue weighted by molar-refractivity contribution is 0.267. The maximum atomic E-state index is 12.4. The van der Waals surface area contributed by atoms with Crippen LogP contribution in [0.4, 0.5) is 5.69 Å². The van der Waals surface area contributed by atoms with Crippen LogP contribution in [0.25, 0.3) is 11.0 Å². The van der Waals surface area contributed by atoms with Gasteiger partial charge in [-0.25, -0.2) is 4.79 Å². The highest BCUT2D eigenvalue weighted by molar-refractivity contribution is 5.79. The van der Waals surface area contributed by atoms with E-state index in [2.05, 4.69) is 63.8 Å². The fourth-order valence-corrected chi connectivity index (χ4v) is 4.35. The van der Waals surface area contributed by atoms with Crippen LogP contribution < -0.4 is 11.4 Å². The zero-order valence-electron chi connectivity index (χ0n) is 22.3. The molecule has 0 bridgehead atoms. The number of nitrogens with zero attached hydrogens (tertiary/aromatic N) is 3. The minimum Gasteiger partial charge on any atom is -0.399 e. The van der Waals surface area contributed by atoms with Crippen LogP contribution >= 0.6 is 0 Å². The number of anilines is 1. The molecule has 1 aromatic heterocycles. The van der Waals surface area contributed by atoms with Crippen molar-refractivity contribution in [2.24, 2.45) is 7.05 Å². The lowest BCUT2D eigenvalue weighted by atomic mass is 9.98. The van der Waals surface area contributed by atoms with Crippen molar-refractivity contribution in [2.45, 2.75) is 79.2 Å². The number of fused-ring (bicyclic) bond motifs is 1. The van der Waals surface area contributed by atoms with Crippen molar-refractivity contribution in [1.29, 1.82) is 0 Å². The Balaban J connectivity index is 0.000000310. The van der Waals surface area contributed by atoms with Gasteiger partial charge in [-0.15, -0.1) is 0 Å². The third kappa shape index (κ3) is 7.76. The fraction of sp³-hybridized carbons (Fsp3) is 0.552. The molecule has 0 saturated heterocycles. The molecule has 0 amide bonds. The van der Waals surface area contributed by atoms with Gasteiger partial charge in [-0.05, 0) is 88.3 Å². The lowest BCUT2D eigenvalue weighted by Crippen LogP contribution is -2.27. The van der Waals surface area contributed by atoms with E-state index in [-0.39, 0.29) is 5.69 Å². The van der Waals surface area contributed by atoms with E-state index < -0.39 is 0 Å². The molecule has 3 rings (SSSR count). The second kappa shape index (κ2) is 14.0. The molecule has 1 unspecified atom stereocenters. The number of hydrogen-bond donors (Lipinski definition) is 1. The van der Waals surface area contributed by atoms with Crippen LogP contribution in [0.5, 0.6) is 0 Å². The average Bonchev–Trinajstić information content (AvgIpc) is 3.06. The van der Waals surface area contributed by atoms with Crippen LogP contribution in [0.2, 0.25) is 0 Å². The number of aromatic nitrogens is 2. The first kappa shape index (κ1) is 27.7. The van der Waals surface area contributed by atoms with E-state index in [0.29, 0.717) is 11.6 Å². The Hall–Kier alpha value is -2.53. The molecule has 2 N–H and O–H groups in total. The summed E-state index contributed by atoms with van der Waals surface area (Å²) in [5.74, 6) is 0.704. The topological polar surface area (TPSA) is 56.2 Å². The first-order valence-electron chi connectivity index (χ1n) is 13.1. The number of hydrogen-bond acceptors (Lipinski definition) is 3. The van der Waals surface area contributed by atoms with Crippen LogP contribution in [0.15, 0.2) is 47.3 Å². The van der Waals surface area contributed by atoms with Gasteiger partial charge in [0.1, 0.15) is 0 Å². The molecule has 0 radical (unpaired) electrons. The van der Waals surface area contributed by atoms with Gasteiger partial charge in [-0.1, -0.05) is 57.5 Å². The monoisotopic (exact) mass is 466 g/mol. The van der Waals surface area contributed by atoms with E-state index in [4.69, 9.17) is 5.73 Å². The van der Waals surface area contributed by atoms with Crippen molar-refractivity contribution in [3.05, 3.63) is 64.1 Å². The van der Waals surface area contributed by atoms with Crippen molar-refractivity contribution in [1.82, 2.24) is 14.0 Å². The van der Waals surface area contributed by atoms with E-state index in [0.717, 1.165) is 37.0 Å². The zero-order chi connectivity index (χ0) is 25.1. The Morgan fingerprint density at radius 2 is 1.56 bits per heavy atom. The van der Waals surface area contributed by atoms with Gasteiger partial charge in [0.05, 0.1) is 11.0 Å². The van der Waals surface area contributed by atoms with E-state index in [1.54, 1.807) is 4.57 Å². The number of nitrogen functional groups attached to an aromatic ring is 1. The highest BCUT2D eigenvalue weighted by Gasteiger charge is 2.11. The molecule has 1 atom stereocenters. The van der Waals surface area contributed by atoms with Crippen molar-refractivity contribution in [2.75, 3.05) is 25.4 Å². The quantitative estimate of drug-likeness (QED) is 0.265. The van der Waals surface area contributed by atoms with Crippen LogP contribution in [0.3, 0.4) is 0 Å². The molecule has 34 heavy (non-hydrogen) atoms. The summed E-state index contributed by atoms with van der Waals surface area (Å²) in [6, 6.07) is 14.5. The minimum atomic E-state index is 0.0459. The highest BCUT2D eigenvalue weighted by Crippen LogP contribution is 2.18. The summed E-state index contributed by atoms with van der Waals surface area (Å²) in [5.41, 5.74) is 11.3. The molecule has 0 aliphatic heterocycles. The highest BCUT2D eigenvalue weighted by atomic mass is 16.1. The molecule has 188 valence electrons. The van der Waals surface area contributed by atoms with Gasteiger partial charge >= 0.3 is 5.69 Å². The molecule has 0 spiro atoms. The molecule has 5 heteroatoms. The number of imidazole rings is 1. The molecule has 2 aromatic carbocycles. The molecule has 3 aromatic rings. The van der Waals surface area contributed by atoms with Gasteiger partial charge in [0, 0.05) is 19.3 Å². The average molecular weight is 467 g/mol. The number of unbranched alkanes of at least 4 members (excludes halogenated alkanes) is 1. The smallest absolute Gasteiger partial charge is 0.328 e. The molecule has 0 saturated carbocycles. The van der Waals surface area contributed by atoms with E-state index in [1.807, 2.05) is 29.8 Å². The third-order valence-corrected chi connectivity index (χ3v) is 6.61. The molecule has 5 nitrogen and oxygen atoms in total. The van der Waals surface area contributed by atoms with Crippen LogP contribution in [0.1, 0.15) is 76.8 Å². The summed E-state index contributed by atoms with van der Waals surface area (Å²) in [7, 11) is 1.82. The van der Waals surface area contributed by atoms with Crippen LogP contribution in [-0.2, 0) is 13.6 Å². The molecule has 0 fully saturated rings. The van der Waals surface area contributed by atoms with E-state index in [1.165, 1.54) is 43.5 Å². The third-order valence-electron chi connectivity index (χ3n) is 6.61. The predicted octanol–water partition coefficient (Wildman–Crippen LogP) is 6.33. The van der Waals surface area contributed by atoms with Gasteiger partial charge in [0.15, 0.2) is 0 Å². The Bertz CT molecular complexity index is 1040. The molecule has 0 aliphatic rings. The van der Waals surface area contributed by atoms with Crippen molar-refractivity contribution in [3.8, 4) is 0 Å². The van der Waals surface area contributed by atoms with Crippen molar-refractivity contribution < 1.29 is 0 Å².